The highest BCUT2D eigenvalue weighted by Gasteiger charge is 2.29. The van der Waals surface area contributed by atoms with E-state index in [4.69, 9.17) is 5.11 Å². The predicted molar refractivity (Wildman–Crippen MR) is 69.3 cm³/mol. The van der Waals surface area contributed by atoms with Crippen LogP contribution in [0.2, 0.25) is 0 Å². The third kappa shape index (κ3) is 2.42. The standard InChI is InChI=1S/C13H13NO2S/c1-13(2,12(15)16)17-11-7-8-14-10-6-4-3-5-9(10)11/h3-8H,1-2H3,(H,15,16). The van der Waals surface area contributed by atoms with Gasteiger partial charge in [0.2, 0.25) is 0 Å². The van der Waals surface area contributed by atoms with Crippen LogP contribution in [0.1, 0.15) is 13.8 Å². The van der Waals surface area contributed by atoms with Crippen molar-refractivity contribution in [2.75, 3.05) is 0 Å². The normalized spacial score (nSPS) is 11.6. The van der Waals surface area contributed by atoms with Crippen LogP contribution in [0.3, 0.4) is 0 Å². The molecular formula is C13H13NO2S. The molecule has 0 radical (unpaired) electrons. The second-order valence-corrected chi connectivity index (χ2v) is 5.91. The van der Waals surface area contributed by atoms with Crippen LogP contribution < -0.4 is 0 Å². The molecule has 0 fully saturated rings. The predicted octanol–water partition coefficient (Wildman–Crippen LogP) is 3.19. The van der Waals surface area contributed by atoms with Crippen LogP contribution in [-0.4, -0.2) is 20.8 Å². The number of aromatic nitrogens is 1. The molecule has 0 aliphatic rings. The topological polar surface area (TPSA) is 50.2 Å². The molecule has 0 saturated carbocycles. The Morgan fingerprint density at radius 2 is 2.00 bits per heavy atom. The Kier molecular flexibility index (Phi) is 3.07. The molecule has 1 N–H and O–H groups in total. The highest BCUT2D eigenvalue weighted by Crippen LogP contribution is 2.36. The Morgan fingerprint density at radius 3 is 2.71 bits per heavy atom. The van der Waals surface area contributed by atoms with E-state index in [9.17, 15) is 4.79 Å². The third-order valence-electron chi connectivity index (χ3n) is 2.49. The zero-order valence-electron chi connectivity index (χ0n) is 9.68. The number of hydrogen-bond donors (Lipinski definition) is 1. The van der Waals surface area contributed by atoms with E-state index in [0.29, 0.717) is 0 Å². The van der Waals surface area contributed by atoms with Gasteiger partial charge in [-0.25, -0.2) is 0 Å². The number of carbonyl (C=O) groups is 1. The summed E-state index contributed by atoms with van der Waals surface area (Å²) in [6.45, 7) is 3.41. The summed E-state index contributed by atoms with van der Waals surface area (Å²) < 4.78 is -0.843. The number of benzene rings is 1. The number of carboxylic acid groups (broad SMARTS) is 1. The number of nitrogens with zero attached hydrogens (tertiary/aromatic N) is 1. The van der Waals surface area contributed by atoms with E-state index in [1.54, 1.807) is 20.0 Å². The molecule has 0 aliphatic heterocycles. The van der Waals surface area contributed by atoms with Crippen molar-refractivity contribution in [3.63, 3.8) is 0 Å². The number of aliphatic carboxylic acids is 1. The quantitative estimate of drug-likeness (QED) is 0.846. The highest BCUT2D eigenvalue weighted by atomic mass is 32.2. The molecule has 1 aromatic heterocycles. The zero-order chi connectivity index (χ0) is 12.5. The molecule has 2 rings (SSSR count). The van der Waals surface area contributed by atoms with Gasteiger partial charge in [-0.2, -0.15) is 0 Å². The van der Waals surface area contributed by atoms with Gasteiger partial charge in [0.15, 0.2) is 0 Å². The van der Waals surface area contributed by atoms with Crippen molar-refractivity contribution >= 4 is 28.6 Å². The fourth-order valence-electron chi connectivity index (χ4n) is 1.48. The van der Waals surface area contributed by atoms with Crippen molar-refractivity contribution in [1.29, 1.82) is 0 Å². The fourth-order valence-corrected chi connectivity index (χ4v) is 2.53. The Labute approximate surface area is 104 Å². The van der Waals surface area contributed by atoms with Gasteiger partial charge in [-0.05, 0) is 26.0 Å². The van der Waals surface area contributed by atoms with Crippen LogP contribution in [0.25, 0.3) is 10.9 Å². The Hall–Kier alpha value is -1.55. The molecule has 88 valence electrons. The lowest BCUT2D eigenvalue weighted by molar-refractivity contribution is -0.138. The number of rotatable bonds is 3. The van der Waals surface area contributed by atoms with Gasteiger partial charge >= 0.3 is 5.97 Å². The maximum Gasteiger partial charge on any atom is 0.319 e. The molecular weight excluding hydrogens is 234 g/mol. The Balaban J connectivity index is 2.46. The van der Waals surface area contributed by atoms with Gasteiger partial charge in [0.1, 0.15) is 4.75 Å². The average Bonchev–Trinajstić information content (AvgIpc) is 2.29. The molecule has 1 heterocycles. The number of hydrogen-bond acceptors (Lipinski definition) is 3. The molecule has 0 aliphatic carbocycles. The summed E-state index contributed by atoms with van der Waals surface area (Å²) in [5.41, 5.74) is 0.888. The molecule has 0 atom stereocenters. The van der Waals surface area contributed by atoms with Crippen molar-refractivity contribution in [3.8, 4) is 0 Å². The number of pyridine rings is 1. The van der Waals surface area contributed by atoms with Gasteiger partial charge in [-0.3, -0.25) is 9.78 Å². The first-order chi connectivity index (χ1) is 8.00. The molecule has 0 unspecified atom stereocenters. The highest BCUT2D eigenvalue weighted by molar-refractivity contribution is 8.01. The van der Waals surface area contributed by atoms with E-state index >= 15 is 0 Å². The molecule has 0 saturated heterocycles. The zero-order valence-corrected chi connectivity index (χ0v) is 10.5. The van der Waals surface area contributed by atoms with Crippen LogP contribution in [0.5, 0.6) is 0 Å². The van der Waals surface area contributed by atoms with Crippen molar-refractivity contribution in [3.05, 3.63) is 36.5 Å². The lowest BCUT2D eigenvalue weighted by Gasteiger charge is -2.19. The van der Waals surface area contributed by atoms with E-state index in [-0.39, 0.29) is 0 Å². The first kappa shape index (κ1) is 11.9. The lowest BCUT2D eigenvalue weighted by Crippen LogP contribution is -2.26. The van der Waals surface area contributed by atoms with Gasteiger partial charge in [0.25, 0.3) is 0 Å². The summed E-state index contributed by atoms with van der Waals surface area (Å²) >= 11 is 1.34. The smallest absolute Gasteiger partial charge is 0.319 e. The van der Waals surface area contributed by atoms with Gasteiger partial charge < -0.3 is 5.11 Å². The van der Waals surface area contributed by atoms with Gasteiger partial charge in [-0.15, -0.1) is 11.8 Å². The summed E-state index contributed by atoms with van der Waals surface area (Å²) in [6.07, 6.45) is 1.71. The van der Waals surface area contributed by atoms with Crippen molar-refractivity contribution in [2.24, 2.45) is 0 Å². The molecule has 0 bridgehead atoms. The minimum atomic E-state index is -0.843. The summed E-state index contributed by atoms with van der Waals surface area (Å²) in [5, 5.41) is 10.1. The van der Waals surface area contributed by atoms with Crippen LogP contribution >= 0.6 is 11.8 Å². The van der Waals surface area contributed by atoms with Crippen molar-refractivity contribution in [1.82, 2.24) is 4.98 Å². The number of carboxylic acids is 1. The van der Waals surface area contributed by atoms with Gasteiger partial charge in [0, 0.05) is 16.5 Å². The van der Waals surface area contributed by atoms with E-state index < -0.39 is 10.7 Å². The largest absolute Gasteiger partial charge is 0.480 e. The first-order valence-electron chi connectivity index (χ1n) is 5.27. The Bertz CT molecular complexity index is 561. The van der Waals surface area contributed by atoms with Crippen LogP contribution in [0.15, 0.2) is 41.4 Å². The SMILES string of the molecule is CC(C)(Sc1ccnc2ccccc12)C(=O)O. The molecule has 2 aromatic rings. The Morgan fingerprint density at radius 1 is 1.29 bits per heavy atom. The van der Waals surface area contributed by atoms with E-state index in [2.05, 4.69) is 4.98 Å². The maximum atomic E-state index is 11.1. The van der Waals surface area contributed by atoms with Crippen LogP contribution in [0.4, 0.5) is 0 Å². The lowest BCUT2D eigenvalue weighted by atomic mass is 10.2. The van der Waals surface area contributed by atoms with E-state index in [1.165, 1.54) is 11.8 Å². The van der Waals surface area contributed by atoms with Gasteiger partial charge in [0.05, 0.1) is 5.52 Å². The van der Waals surface area contributed by atoms with Crippen molar-refractivity contribution < 1.29 is 9.90 Å². The molecule has 0 amide bonds. The molecule has 4 heteroatoms. The minimum Gasteiger partial charge on any atom is -0.480 e. The average molecular weight is 247 g/mol. The summed E-state index contributed by atoms with van der Waals surface area (Å²) in [4.78, 5) is 16.3. The van der Waals surface area contributed by atoms with Crippen molar-refractivity contribution in [2.45, 2.75) is 23.5 Å². The minimum absolute atomic E-state index is 0.816. The van der Waals surface area contributed by atoms with E-state index in [1.807, 2.05) is 30.3 Å². The second-order valence-electron chi connectivity index (χ2n) is 4.24. The van der Waals surface area contributed by atoms with Crippen LogP contribution in [-0.2, 0) is 4.79 Å². The summed E-state index contributed by atoms with van der Waals surface area (Å²) in [5.74, 6) is -0.816. The number of para-hydroxylation sites is 1. The maximum absolute atomic E-state index is 11.1. The molecule has 0 spiro atoms. The number of thioether (sulfide) groups is 1. The third-order valence-corrected chi connectivity index (χ3v) is 3.75. The number of fused-ring (bicyclic) bond motifs is 1. The summed E-state index contributed by atoms with van der Waals surface area (Å²) in [6, 6.07) is 9.60. The van der Waals surface area contributed by atoms with Gasteiger partial charge in [-0.1, -0.05) is 18.2 Å². The molecule has 1 aromatic carbocycles. The monoisotopic (exact) mass is 247 g/mol. The fraction of sp³-hybridized carbons (Fsp3) is 0.231. The molecule has 3 nitrogen and oxygen atoms in total. The van der Waals surface area contributed by atoms with Crippen LogP contribution in [0, 0.1) is 0 Å². The first-order valence-corrected chi connectivity index (χ1v) is 6.08. The second kappa shape index (κ2) is 4.37. The summed E-state index contributed by atoms with van der Waals surface area (Å²) in [7, 11) is 0. The van der Waals surface area contributed by atoms with E-state index in [0.717, 1.165) is 15.8 Å². The molecule has 17 heavy (non-hydrogen) atoms.